The topological polar surface area (TPSA) is 83.3 Å². The molecule has 1 rings (SSSR count). The van der Waals surface area contributed by atoms with Gasteiger partial charge in [-0.2, -0.15) is 0 Å². The van der Waals surface area contributed by atoms with Gasteiger partial charge in [-0.15, -0.1) is 5.10 Å². The van der Waals surface area contributed by atoms with Crippen molar-refractivity contribution < 1.29 is 9.21 Å². The quantitative estimate of drug-likeness (QED) is 0.672. The fourth-order valence-electron chi connectivity index (χ4n) is 1.16. The van der Waals surface area contributed by atoms with Crippen molar-refractivity contribution in [1.29, 1.82) is 0 Å². The number of nitrogens with one attached hydrogen (secondary N) is 2. The summed E-state index contributed by atoms with van der Waals surface area (Å²) in [6, 6.07) is 0.372. The van der Waals surface area contributed by atoms with Crippen molar-refractivity contribution in [3.8, 4) is 0 Å². The van der Waals surface area contributed by atoms with Crippen LogP contribution >= 0.6 is 0 Å². The van der Waals surface area contributed by atoms with E-state index >= 15 is 0 Å². The molecule has 7 heteroatoms. The summed E-state index contributed by atoms with van der Waals surface area (Å²) in [7, 11) is 3.39. The highest BCUT2D eigenvalue weighted by atomic mass is 16.4. The number of carbonyl (C=O) groups excluding carboxylic acids is 1. The Hall–Kier alpha value is -1.63. The molecular formula is C9H17N5O2. The standard InChI is InChI=1S/C9H17N5O2/c1-4-14(6-7(15)11-3)9-13-12-8(16-9)5-10-2/h10H,4-6H2,1-3H3,(H,11,15). The van der Waals surface area contributed by atoms with Crippen molar-refractivity contribution in [2.75, 3.05) is 32.1 Å². The molecule has 7 nitrogen and oxygen atoms in total. The van der Waals surface area contributed by atoms with Gasteiger partial charge in [0.05, 0.1) is 6.54 Å². The van der Waals surface area contributed by atoms with Gasteiger partial charge in [0.15, 0.2) is 0 Å². The molecule has 0 unspecified atom stereocenters. The van der Waals surface area contributed by atoms with E-state index in [4.69, 9.17) is 4.42 Å². The van der Waals surface area contributed by atoms with Gasteiger partial charge in [-0.1, -0.05) is 5.10 Å². The number of amides is 1. The normalized spacial score (nSPS) is 10.2. The van der Waals surface area contributed by atoms with Gasteiger partial charge < -0.3 is 20.0 Å². The van der Waals surface area contributed by atoms with Crippen LogP contribution < -0.4 is 15.5 Å². The molecule has 0 aliphatic heterocycles. The summed E-state index contributed by atoms with van der Waals surface area (Å²) in [6.45, 7) is 3.29. The van der Waals surface area contributed by atoms with Crippen LogP contribution in [0.15, 0.2) is 4.42 Å². The smallest absolute Gasteiger partial charge is 0.318 e. The molecule has 1 aromatic rings. The summed E-state index contributed by atoms with van der Waals surface area (Å²) >= 11 is 0. The molecular weight excluding hydrogens is 210 g/mol. The average molecular weight is 227 g/mol. The average Bonchev–Trinajstić information content (AvgIpc) is 2.74. The summed E-state index contributed by atoms with van der Waals surface area (Å²) in [5.41, 5.74) is 0. The van der Waals surface area contributed by atoms with Gasteiger partial charge >= 0.3 is 6.01 Å². The summed E-state index contributed by atoms with van der Waals surface area (Å²) in [6.07, 6.45) is 0. The second-order valence-electron chi connectivity index (χ2n) is 3.20. The van der Waals surface area contributed by atoms with Gasteiger partial charge in [-0.05, 0) is 14.0 Å². The van der Waals surface area contributed by atoms with E-state index in [1.54, 1.807) is 19.0 Å². The molecule has 0 saturated carbocycles. The largest absolute Gasteiger partial charge is 0.407 e. The molecule has 0 saturated heterocycles. The highest BCUT2D eigenvalue weighted by molar-refractivity contribution is 5.80. The summed E-state index contributed by atoms with van der Waals surface area (Å²) < 4.78 is 5.38. The Morgan fingerprint density at radius 1 is 1.44 bits per heavy atom. The number of aromatic nitrogens is 2. The zero-order chi connectivity index (χ0) is 12.0. The van der Waals surface area contributed by atoms with E-state index in [9.17, 15) is 4.79 Å². The van der Waals surface area contributed by atoms with Crippen molar-refractivity contribution in [3.05, 3.63) is 5.89 Å². The molecule has 1 aromatic heterocycles. The van der Waals surface area contributed by atoms with Crippen LogP contribution in [0.1, 0.15) is 12.8 Å². The van der Waals surface area contributed by atoms with Crippen molar-refractivity contribution in [1.82, 2.24) is 20.8 Å². The van der Waals surface area contributed by atoms with Gasteiger partial charge in [-0.25, -0.2) is 0 Å². The Morgan fingerprint density at radius 3 is 2.75 bits per heavy atom. The van der Waals surface area contributed by atoms with Crippen molar-refractivity contribution in [2.24, 2.45) is 0 Å². The minimum absolute atomic E-state index is 0.0878. The number of anilines is 1. The molecule has 1 heterocycles. The van der Waals surface area contributed by atoms with E-state index in [0.717, 1.165) is 0 Å². The molecule has 2 N–H and O–H groups in total. The number of nitrogens with zero attached hydrogens (tertiary/aromatic N) is 3. The third kappa shape index (κ3) is 3.20. The van der Waals surface area contributed by atoms with Gasteiger partial charge in [0.2, 0.25) is 11.8 Å². The first-order valence-electron chi connectivity index (χ1n) is 5.13. The molecule has 0 atom stereocenters. The first kappa shape index (κ1) is 12.4. The Balaban J connectivity index is 2.67. The Morgan fingerprint density at radius 2 is 2.19 bits per heavy atom. The van der Waals surface area contributed by atoms with Crippen LogP contribution in [-0.2, 0) is 11.3 Å². The van der Waals surface area contributed by atoms with E-state index in [1.165, 1.54) is 0 Å². The summed E-state index contributed by atoms with van der Waals surface area (Å²) in [5.74, 6) is 0.420. The fourth-order valence-corrected chi connectivity index (χ4v) is 1.16. The lowest BCUT2D eigenvalue weighted by atomic mass is 10.5. The van der Waals surface area contributed by atoms with Gasteiger partial charge in [0.1, 0.15) is 6.54 Å². The number of hydrogen-bond donors (Lipinski definition) is 2. The molecule has 1 amide bonds. The Kier molecular flexibility index (Phi) is 4.71. The Bertz CT molecular complexity index is 338. The number of hydrogen-bond acceptors (Lipinski definition) is 6. The Labute approximate surface area is 94.2 Å². The lowest BCUT2D eigenvalue weighted by molar-refractivity contribution is -0.119. The fraction of sp³-hybridized carbons (Fsp3) is 0.667. The van der Waals surface area contributed by atoms with Crippen molar-refractivity contribution in [2.45, 2.75) is 13.5 Å². The zero-order valence-corrected chi connectivity index (χ0v) is 9.78. The summed E-state index contributed by atoms with van der Waals surface area (Å²) in [5, 5.41) is 13.2. The van der Waals surface area contributed by atoms with Crippen molar-refractivity contribution >= 4 is 11.9 Å². The lowest BCUT2D eigenvalue weighted by Gasteiger charge is -2.16. The van der Waals surface area contributed by atoms with E-state index in [1.807, 2.05) is 6.92 Å². The third-order valence-electron chi connectivity index (χ3n) is 2.05. The molecule has 0 aliphatic rings. The maximum absolute atomic E-state index is 11.2. The second-order valence-corrected chi connectivity index (χ2v) is 3.20. The van der Waals surface area contributed by atoms with E-state index in [-0.39, 0.29) is 12.5 Å². The molecule has 0 aromatic carbocycles. The molecule has 0 spiro atoms. The van der Waals surface area contributed by atoms with Crippen LogP contribution in [0.3, 0.4) is 0 Å². The second kappa shape index (κ2) is 6.06. The molecule has 0 fully saturated rings. The minimum atomic E-state index is -0.0878. The zero-order valence-electron chi connectivity index (χ0n) is 9.78. The lowest BCUT2D eigenvalue weighted by Crippen LogP contribution is -2.35. The highest BCUT2D eigenvalue weighted by Gasteiger charge is 2.15. The minimum Gasteiger partial charge on any atom is -0.407 e. The van der Waals surface area contributed by atoms with Crippen LogP contribution in [0, 0.1) is 0 Å². The maximum atomic E-state index is 11.2. The monoisotopic (exact) mass is 227 g/mol. The van der Waals surface area contributed by atoms with Gasteiger partial charge in [0.25, 0.3) is 0 Å². The van der Waals surface area contributed by atoms with Gasteiger partial charge in [0, 0.05) is 13.6 Å². The van der Waals surface area contributed by atoms with Crippen LogP contribution in [0.5, 0.6) is 0 Å². The van der Waals surface area contributed by atoms with Crippen LogP contribution in [0.2, 0.25) is 0 Å². The molecule has 16 heavy (non-hydrogen) atoms. The SMILES string of the molecule is CCN(CC(=O)NC)c1nnc(CNC)o1. The number of rotatable bonds is 6. The van der Waals surface area contributed by atoms with E-state index < -0.39 is 0 Å². The van der Waals surface area contributed by atoms with E-state index in [0.29, 0.717) is 25.0 Å². The predicted molar refractivity (Wildman–Crippen MR) is 59.0 cm³/mol. The first-order chi connectivity index (χ1) is 7.71. The molecule has 0 bridgehead atoms. The highest BCUT2D eigenvalue weighted by Crippen LogP contribution is 2.11. The third-order valence-corrected chi connectivity index (χ3v) is 2.05. The van der Waals surface area contributed by atoms with Crippen LogP contribution in [-0.4, -0.2) is 43.3 Å². The number of carbonyl (C=O) groups is 1. The van der Waals surface area contributed by atoms with E-state index in [2.05, 4.69) is 20.8 Å². The molecule has 90 valence electrons. The van der Waals surface area contributed by atoms with Crippen molar-refractivity contribution in [3.63, 3.8) is 0 Å². The summed E-state index contributed by atoms with van der Waals surface area (Å²) in [4.78, 5) is 12.9. The maximum Gasteiger partial charge on any atom is 0.318 e. The van der Waals surface area contributed by atoms with Crippen LogP contribution in [0.25, 0.3) is 0 Å². The molecule has 0 radical (unpaired) electrons. The van der Waals surface area contributed by atoms with Crippen LogP contribution in [0.4, 0.5) is 6.01 Å². The predicted octanol–water partition coefficient (Wildman–Crippen LogP) is -0.639. The molecule has 0 aliphatic carbocycles. The van der Waals surface area contributed by atoms with Gasteiger partial charge in [-0.3, -0.25) is 4.79 Å². The number of likely N-dealkylation sites (N-methyl/N-ethyl adjacent to an activating group) is 2. The first-order valence-corrected chi connectivity index (χ1v) is 5.13.